The highest BCUT2D eigenvalue weighted by Gasteiger charge is 2.25. The van der Waals surface area contributed by atoms with Crippen LogP contribution >= 0.6 is 0 Å². The second-order valence-corrected chi connectivity index (χ2v) is 6.06. The maximum absolute atomic E-state index is 12.4. The number of benzene rings is 2. The number of para-hydroxylation sites is 2. The molecule has 1 heterocycles. The SMILES string of the molecule is COc1cc(/C=C/C(=O)Nc2ccccc2N2CCOC2=O)cc(OC)c1OC. The lowest BCUT2D eigenvalue weighted by Gasteiger charge is -2.17. The lowest BCUT2D eigenvalue weighted by atomic mass is 10.1. The Bertz CT molecular complexity index is 916. The number of anilines is 2. The van der Waals surface area contributed by atoms with Crippen LogP contribution in [0.5, 0.6) is 17.2 Å². The first kappa shape index (κ1) is 20.1. The lowest BCUT2D eigenvalue weighted by molar-refractivity contribution is -0.111. The van der Waals surface area contributed by atoms with Crippen molar-refractivity contribution in [2.24, 2.45) is 0 Å². The Kier molecular flexibility index (Phi) is 6.23. The Morgan fingerprint density at radius 2 is 1.79 bits per heavy atom. The van der Waals surface area contributed by atoms with Crippen LogP contribution in [0.1, 0.15) is 5.56 Å². The molecule has 8 heteroatoms. The molecule has 0 saturated carbocycles. The summed E-state index contributed by atoms with van der Waals surface area (Å²) in [5.41, 5.74) is 1.81. The third-order valence-electron chi connectivity index (χ3n) is 4.33. The van der Waals surface area contributed by atoms with Gasteiger partial charge >= 0.3 is 6.09 Å². The summed E-state index contributed by atoms with van der Waals surface area (Å²) in [6.45, 7) is 0.759. The van der Waals surface area contributed by atoms with Crippen molar-refractivity contribution in [1.29, 1.82) is 0 Å². The minimum Gasteiger partial charge on any atom is -0.493 e. The molecular formula is C21H22N2O6. The number of rotatable bonds is 7. The minimum absolute atomic E-state index is 0.322. The van der Waals surface area contributed by atoms with Crippen LogP contribution in [0.3, 0.4) is 0 Å². The number of methoxy groups -OCH3 is 3. The van der Waals surface area contributed by atoms with Gasteiger partial charge in [0.2, 0.25) is 11.7 Å². The molecule has 0 unspecified atom stereocenters. The number of nitrogens with one attached hydrogen (secondary N) is 1. The van der Waals surface area contributed by atoms with Crippen molar-refractivity contribution >= 4 is 29.5 Å². The molecule has 1 saturated heterocycles. The van der Waals surface area contributed by atoms with E-state index in [2.05, 4.69) is 5.32 Å². The summed E-state index contributed by atoms with van der Waals surface area (Å²) in [5, 5.41) is 2.80. The van der Waals surface area contributed by atoms with Crippen LogP contribution in [0.4, 0.5) is 16.2 Å². The topological polar surface area (TPSA) is 86.3 Å². The highest BCUT2D eigenvalue weighted by Crippen LogP contribution is 2.38. The normalized spacial score (nSPS) is 13.3. The van der Waals surface area contributed by atoms with Crippen molar-refractivity contribution in [3.8, 4) is 17.2 Å². The Morgan fingerprint density at radius 3 is 2.38 bits per heavy atom. The summed E-state index contributed by atoms with van der Waals surface area (Å²) in [4.78, 5) is 25.8. The van der Waals surface area contributed by atoms with Gasteiger partial charge in [-0.25, -0.2) is 4.79 Å². The molecule has 152 valence electrons. The van der Waals surface area contributed by atoms with E-state index in [1.807, 2.05) is 0 Å². The van der Waals surface area contributed by atoms with Gasteiger partial charge < -0.3 is 24.3 Å². The Balaban J connectivity index is 1.78. The molecule has 0 bridgehead atoms. The first-order valence-electron chi connectivity index (χ1n) is 8.89. The molecule has 0 aliphatic carbocycles. The molecular weight excluding hydrogens is 376 g/mol. The van der Waals surface area contributed by atoms with Crippen molar-refractivity contribution < 1.29 is 28.5 Å². The van der Waals surface area contributed by atoms with Gasteiger partial charge in [0, 0.05) is 6.08 Å². The van der Waals surface area contributed by atoms with Crippen LogP contribution in [0.25, 0.3) is 6.08 Å². The Hall–Kier alpha value is -3.68. The van der Waals surface area contributed by atoms with E-state index in [4.69, 9.17) is 18.9 Å². The summed E-state index contributed by atoms with van der Waals surface area (Å²) >= 11 is 0. The number of nitrogens with zero attached hydrogens (tertiary/aromatic N) is 1. The lowest BCUT2D eigenvalue weighted by Crippen LogP contribution is -2.25. The Morgan fingerprint density at radius 1 is 1.10 bits per heavy atom. The van der Waals surface area contributed by atoms with E-state index >= 15 is 0 Å². The van der Waals surface area contributed by atoms with Crippen LogP contribution in [-0.4, -0.2) is 46.5 Å². The van der Waals surface area contributed by atoms with Crippen LogP contribution in [0, 0.1) is 0 Å². The van der Waals surface area contributed by atoms with Crippen molar-refractivity contribution in [2.75, 3.05) is 44.7 Å². The number of hydrogen-bond acceptors (Lipinski definition) is 6. The van der Waals surface area contributed by atoms with E-state index in [1.165, 1.54) is 32.3 Å². The zero-order chi connectivity index (χ0) is 20.8. The number of carbonyl (C=O) groups is 2. The van der Waals surface area contributed by atoms with Crippen molar-refractivity contribution in [3.05, 3.63) is 48.0 Å². The molecule has 0 spiro atoms. The van der Waals surface area contributed by atoms with Gasteiger partial charge in [0.25, 0.3) is 0 Å². The van der Waals surface area contributed by atoms with Crippen molar-refractivity contribution in [1.82, 2.24) is 0 Å². The average Bonchev–Trinajstić information content (AvgIpc) is 3.17. The quantitative estimate of drug-likeness (QED) is 0.720. The van der Waals surface area contributed by atoms with E-state index in [0.717, 1.165) is 0 Å². The zero-order valence-electron chi connectivity index (χ0n) is 16.4. The van der Waals surface area contributed by atoms with Gasteiger partial charge in [-0.3, -0.25) is 9.69 Å². The molecule has 2 aromatic carbocycles. The van der Waals surface area contributed by atoms with Gasteiger partial charge in [0.15, 0.2) is 11.5 Å². The molecule has 29 heavy (non-hydrogen) atoms. The summed E-state index contributed by atoms with van der Waals surface area (Å²) in [5.74, 6) is 1.11. The predicted molar refractivity (Wildman–Crippen MR) is 109 cm³/mol. The highest BCUT2D eigenvalue weighted by molar-refractivity contribution is 6.05. The standard InChI is InChI=1S/C21H22N2O6/c1-26-17-12-14(13-18(27-2)20(17)28-3)8-9-19(24)22-15-6-4-5-7-16(15)23-10-11-29-21(23)25/h4-9,12-13H,10-11H2,1-3H3,(H,22,24)/b9-8+. The van der Waals surface area contributed by atoms with E-state index in [-0.39, 0.29) is 5.91 Å². The number of ether oxygens (including phenoxy) is 4. The fraction of sp³-hybridized carbons (Fsp3) is 0.238. The third-order valence-corrected chi connectivity index (χ3v) is 4.33. The number of hydrogen-bond donors (Lipinski definition) is 1. The molecule has 3 rings (SSSR count). The van der Waals surface area contributed by atoms with Gasteiger partial charge in [0.1, 0.15) is 6.61 Å². The molecule has 2 aromatic rings. The van der Waals surface area contributed by atoms with Gasteiger partial charge in [-0.15, -0.1) is 0 Å². The van der Waals surface area contributed by atoms with Gasteiger partial charge in [-0.05, 0) is 35.9 Å². The average molecular weight is 398 g/mol. The molecule has 8 nitrogen and oxygen atoms in total. The summed E-state index contributed by atoms with van der Waals surface area (Å²) in [6, 6.07) is 10.5. The van der Waals surface area contributed by atoms with Crippen LogP contribution in [0.2, 0.25) is 0 Å². The maximum atomic E-state index is 12.4. The van der Waals surface area contributed by atoms with E-state index in [0.29, 0.717) is 47.3 Å². The minimum atomic E-state index is -0.431. The third kappa shape index (κ3) is 4.43. The first-order valence-corrected chi connectivity index (χ1v) is 8.89. The van der Waals surface area contributed by atoms with Gasteiger partial charge in [-0.1, -0.05) is 12.1 Å². The largest absolute Gasteiger partial charge is 0.493 e. The molecule has 1 fully saturated rings. The monoisotopic (exact) mass is 398 g/mol. The van der Waals surface area contributed by atoms with E-state index in [1.54, 1.807) is 42.5 Å². The predicted octanol–water partition coefficient (Wildman–Crippen LogP) is 3.32. The highest BCUT2D eigenvalue weighted by atomic mass is 16.6. The fourth-order valence-corrected chi connectivity index (χ4v) is 2.97. The number of cyclic esters (lactones) is 1. The Labute approximate surface area is 168 Å². The van der Waals surface area contributed by atoms with Crippen molar-refractivity contribution in [3.63, 3.8) is 0 Å². The smallest absolute Gasteiger partial charge is 0.414 e. The van der Waals surface area contributed by atoms with Crippen LogP contribution in [-0.2, 0) is 9.53 Å². The molecule has 0 aromatic heterocycles. The first-order chi connectivity index (χ1) is 14.1. The summed E-state index contributed by atoms with van der Waals surface area (Å²) in [6.07, 6.45) is 2.59. The number of amides is 2. The number of carbonyl (C=O) groups excluding carboxylic acids is 2. The fourth-order valence-electron chi connectivity index (χ4n) is 2.97. The van der Waals surface area contributed by atoms with Crippen LogP contribution in [0.15, 0.2) is 42.5 Å². The van der Waals surface area contributed by atoms with Gasteiger partial charge in [-0.2, -0.15) is 0 Å². The van der Waals surface area contributed by atoms with Gasteiger partial charge in [0.05, 0.1) is 39.2 Å². The summed E-state index contributed by atoms with van der Waals surface area (Å²) < 4.78 is 20.9. The summed E-state index contributed by atoms with van der Waals surface area (Å²) in [7, 11) is 4.58. The molecule has 1 N–H and O–H groups in total. The molecule has 2 amide bonds. The molecule has 1 aliphatic rings. The van der Waals surface area contributed by atoms with Crippen molar-refractivity contribution in [2.45, 2.75) is 0 Å². The van der Waals surface area contributed by atoms with Crippen LogP contribution < -0.4 is 24.4 Å². The van der Waals surface area contributed by atoms with E-state index < -0.39 is 6.09 Å². The molecule has 0 atom stereocenters. The zero-order valence-corrected chi connectivity index (χ0v) is 16.4. The molecule has 0 radical (unpaired) electrons. The molecule has 1 aliphatic heterocycles. The second-order valence-electron chi connectivity index (χ2n) is 6.06. The maximum Gasteiger partial charge on any atom is 0.414 e. The second kappa shape index (κ2) is 9.01. The van der Waals surface area contributed by atoms with E-state index in [9.17, 15) is 9.59 Å².